The number of anilines is 3. The monoisotopic (exact) mass is 525 g/mol. The highest BCUT2D eigenvalue weighted by Gasteiger charge is 2.21. The van der Waals surface area contributed by atoms with Crippen LogP contribution < -0.4 is 15.2 Å². The standard InChI is InChI=1S/C18H21Br2N7O2/c19-12-9-11(14(28)13(20)15(12)29)10-21-25-16-22-17(26-5-1-2-6-26)24-18(23-16)27-7-3-4-8-27/h9-10,28-29H,1-8H2,(H,22,23,24,25)/b21-10+. The quantitative estimate of drug-likeness (QED) is 0.401. The highest BCUT2D eigenvalue weighted by Crippen LogP contribution is 2.40. The van der Waals surface area contributed by atoms with Crippen LogP contribution in [0, 0.1) is 0 Å². The first-order valence-corrected chi connectivity index (χ1v) is 11.1. The molecule has 154 valence electrons. The summed E-state index contributed by atoms with van der Waals surface area (Å²) in [5.41, 5.74) is 3.27. The Labute approximate surface area is 185 Å². The van der Waals surface area contributed by atoms with E-state index in [-0.39, 0.29) is 16.0 Å². The molecular weight excluding hydrogens is 506 g/mol. The Morgan fingerprint density at radius 1 is 0.897 bits per heavy atom. The van der Waals surface area contributed by atoms with Gasteiger partial charge in [0.2, 0.25) is 17.8 Å². The highest BCUT2D eigenvalue weighted by atomic mass is 79.9. The lowest BCUT2D eigenvalue weighted by atomic mass is 10.2. The number of rotatable bonds is 5. The van der Waals surface area contributed by atoms with Crippen molar-refractivity contribution < 1.29 is 10.2 Å². The summed E-state index contributed by atoms with van der Waals surface area (Å²) in [6, 6.07) is 1.57. The molecule has 2 saturated heterocycles. The molecule has 9 nitrogen and oxygen atoms in total. The van der Waals surface area contributed by atoms with Crippen LogP contribution in [-0.2, 0) is 0 Å². The van der Waals surface area contributed by atoms with Crippen molar-refractivity contribution in [3.8, 4) is 11.5 Å². The normalized spacial score (nSPS) is 16.9. The minimum Gasteiger partial charge on any atom is -0.506 e. The number of nitrogens with zero attached hydrogens (tertiary/aromatic N) is 6. The third-order valence-corrected chi connectivity index (χ3v) is 6.31. The molecule has 29 heavy (non-hydrogen) atoms. The Bertz CT molecular complexity index is 895. The smallest absolute Gasteiger partial charge is 0.250 e. The fraction of sp³-hybridized carbons (Fsp3) is 0.444. The van der Waals surface area contributed by atoms with Gasteiger partial charge in [-0.25, -0.2) is 5.43 Å². The van der Waals surface area contributed by atoms with E-state index in [0.29, 0.717) is 27.9 Å². The number of aromatic nitrogens is 3. The van der Waals surface area contributed by atoms with Crippen LogP contribution >= 0.6 is 31.9 Å². The number of nitrogens with one attached hydrogen (secondary N) is 1. The summed E-state index contributed by atoms with van der Waals surface area (Å²) in [7, 11) is 0. The van der Waals surface area contributed by atoms with Gasteiger partial charge in [0, 0.05) is 31.7 Å². The molecule has 1 aromatic carbocycles. The molecule has 2 aromatic rings. The van der Waals surface area contributed by atoms with E-state index >= 15 is 0 Å². The molecular formula is C18H21Br2N7O2. The lowest BCUT2D eigenvalue weighted by molar-refractivity contribution is 0.442. The zero-order valence-corrected chi connectivity index (χ0v) is 18.8. The molecule has 2 aliphatic rings. The van der Waals surface area contributed by atoms with Crippen molar-refractivity contribution in [1.82, 2.24) is 15.0 Å². The van der Waals surface area contributed by atoms with Crippen molar-refractivity contribution in [3.63, 3.8) is 0 Å². The minimum absolute atomic E-state index is 0.0735. The first-order valence-electron chi connectivity index (χ1n) is 9.48. The van der Waals surface area contributed by atoms with Gasteiger partial charge in [0.15, 0.2) is 0 Å². The average Bonchev–Trinajstić information content (AvgIpc) is 3.44. The predicted molar refractivity (Wildman–Crippen MR) is 119 cm³/mol. The molecule has 0 bridgehead atoms. The highest BCUT2D eigenvalue weighted by molar-refractivity contribution is 9.11. The largest absolute Gasteiger partial charge is 0.506 e. The molecule has 0 saturated carbocycles. The maximum absolute atomic E-state index is 10.2. The molecule has 4 rings (SSSR count). The second kappa shape index (κ2) is 8.70. The SMILES string of the molecule is Oc1c(Br)cc(/C=N/Nc2nc(N3CCCC3)nc(N3CCCC3)n2)c(O)c1Br. The van der Waals surface area contributed by atoms with Crippen LogP contribution in [0.1, 0.15) is 31.2 Å². The lowest BCUT2D eigenvalue weighted by Crippen LogP contribution is -2.25. The number of hydrazone groups is 1. The van der Waals surface area contributed by atoms with Crippen LogP contribution in [0.3, 0.4) is 0 Å². The summed E-state index contributed by atoms with van der Waals surface area (Å²) in [5.74, 6) is 1.50. The van der Waals surface area contributed by atoms with Gasteiger partial charge < -0.3 is 20.0 Å². The second-order valence-electron chi connectivity index (χ2n) is 6.98. The van der Waals surface area contributed by atoms with Crippen LogP contribution in [0.2, 0.25) is 0 Å². The average molecular weight is 527 g/mol. The van der Waals surface area contributed by atoms with Crippen molar-refractivity contribution >= 4 is 55.9 Å². The van der Waals surface area contributed by atoms with E-state index in [0.717, 1.165) is 51.9 Å². The molecule has 2 fully saturated rings. The van der Waals surface area contributed by atoms with Gasteiger partial charge in [-0.15, -0.1) is 0 Å². The number of hydrogen-bond acceptors (Lipinski definition) is 9. The van der Waals surface area contributed by atoms with Crippen molar-refractivity contribution in [3.05, 3.63) is 20.6 Å². The third-order valence-electron chi connectivity index (χ3n) is 4.96. The summed E-state index contributed by atoms with van der Waals surface area (Å²) in [6.07, 6.45) is 5.98. The van der Waals surface area contributed by atoms with Crippen LogP contribution in [0.15, 0.2) is 20.1 Å². The van der Waals surface area contributed by atoms with Gasteiger partial charge in [-0.1, -0.05) is 0 Å². The fourth-order valence-electron chi connectivity index (χ4n) is 3.40. The van der Waals surface area contributed by atoms with Crippen molar-refractivity contribution in [1.29, 1.82) is 0 Å². The lowest BCUT2D eigenvalue weighted by Gasteiger charge is -2.20. The summed E-state index contributed by atoms with van der Waals surface area (Å²) < 4.78 is 0.637. The molecule has 2 aliphatic heterocycles. The maximum atomic E-state index is 10.2. The first-order chi connectivity index (χ1) is 14.0. The number of aromatic hydroxyl groups is 2. The zero-order valence-electron chi connectivity index (χ0n) is 15.6. The van der Waals surface area contributed by atoms with E-state index in [1.807, 2.05) is 0 Å². The van der Waals surface area contributed by atoms with E-state index in [2.05, 4.69) is 67.1 Å². The Morgan fingerprint density at radius 2 is 1.45 bits per heavy atom. The van der Waals surface area contributed by atoms with Crippen molar-refractivity contribution in [2.24, 2.45) is 5.10 Å². The van der Waals surface area contributed by atoms with Gasteiger partial charge in [-0.05, 0) is 63.6 Å². The van der Waals surface area contributed by atoms with E-state index in [1.165, 1.54) is 6.21 Å². The van der Waals surface area contributed by atoms with E-state index < -0.39 is 0 Å². The molecule has 0 radical (unpaired) electrons. The second-order valence-corrected chi connectivity index (χ2v) is 8.62. The van der Waals surface area contributed by atoms with Crippen molar-refractivity contribution in [2.45, 2.75) is 25.7 Å². The molecule has 0 atom stereocenters. The molecule has 0 spiro atoms. The number of benzene rings is 1. The molecule has 3 heterocycles. The molecule has 0 aliphatic carbocycles. The third kappa shape index (κ3) is 4.40. The molecule has 1 aromatic heterocycles. The number of halogens is 2. The van der Waals surface area contributed by atoms with Gasteiger partial charge >= 0.3 is 0 Å². The number of phenolic OH excluding ortho intramolecular Hbond substituents is 2. The van der Waals surface area contributed by atoms with Crippen LogP contribution in [0.5, 0.6) is 11.5 Å². The summed E-state index contributed by atoms with van der Waals surface area (Å²) in [4.78, 5) is 18.0. The Morgan fingerprint density at radius 3 is 2.00 bits per heavy atom. The fourth-order valence-corrected chi connectivity index (χ4v) is 4.55. The van der Waals surface area contributed by atoms with Gasteiger partial charge in [-0.2, -0.15) is 20.1 Å². The van der Waals surface area contributed by atoms with E-state index in [1.54, 1.807) is 6.07 Å². The molecule has 0 amide bonds. The summed E-state index contributed by atoms with van der Waals surface area (Å²) >= 11 is 6.40. The van der Waals surface area contributed by atoms with Gasteiger partial charge in [0.25, 0.3) is 0 Å². The van der Waals surface area contributed by atoms with Crippen LogP contribution in [-0.4, -0.2) is 57.6 Å². The Kier molecular flexibility index (Phi) is 6.04. The van der Waals surface area contributed by atoms with E-state index in [9.17, 15) is 10.2 Å². The number of phenols is 2. The van der Waals surface area contributed by atoms with Gasteiger partial charge in [-0.3, -0.25) is 0 Å². The first kappa shape index (κ1) is 20.1. The Hall–Kier alpha value is -2.14. The Balaban J connectivity index is 1.58. The maximum Gasteiger partial charge on any atom is 0.250 e. The predicted octanol–water partition coefficient (Wildman–Crippen LogP) is 3.45. The van der Waals surface area contributed by atoms with Gasteiger partial charge in [0.1, 0.15) is 16.0 Å². The van der Waals surface area contributed by atoms with Crippen LogP contribution in [0.4, 0.5) is 17.8 Å². The van der Waals surface area contributed by atoms with E-state index in [4.69, 9.17) is 0 Å². The van der Waals surface area contributed by atoms with Crippen LogP contribution in [0.25, 0.3) is 0 Å². The molecule has 3 N–H and O–H groups in total. The number of hydrogen-bond donors (Lipinski definition) is 3. The topological polar surface area (TPSA) is 110 Å². The summed E-state index contributed by atoms with van der Waals surface area (Å²) in [5, 5.41) is 24.2. The van der Waals surface area contributed by atoms with Crippen molar-refractivity contribution in [2.75, 3.05) is 41.4 Å². The minimum atomic E-state index is -0.109. The molecule has 0 unspecified atom stereocenters. The van der Waals surface area contributed by atoms with Gasteiger partial charge in [0.05, 0.1) is 10.7 Å². The zero-order chi connectivity index (χ0) is 20.4. The summed E-state index contributed by atoms with van der Waals surface area (Å²) in [6.45, 7) is 3.76. The molecule has 11 heteroatoms.